The van der Waals surface area contributed by atoms with Gasteiger partial charge in [0, 0.05) is 15.8 Å². The van der Waals surface area contributed by atoms with Gasteiger partial charge in [0.15, 0.2) is 0 Å². The molecule has 0 radical (unpaired) electrons. The van der Waals surface area contributed by atoms with Crippen molar-refractivity contribution < 1.29 is 9.59 Å². The molecule has 0 aromatic heterocycles. The summed E-state index contributed by atoms with van der Waals surface area (Å²) in [5, 5.41) is 7.99. The molecule has 3 N–H and O–H groups in total. The summed E-state index contributed by atoms with van der Waals surface area (Å²) in [5.41, 5.74) is 1.33. The lowest BCUT2D eigenvalue weighted by molar-refractivity contribution is -0.117. The number of carbonyl (C=O) groups excluding carboxylic acids is 2. The Kier molecular flexibility index (Phi) is 5.55. The first-order chi connectivity index (χ1) is 10.5. The molecule has 0 spiro atoms. The van der Waals surface area contributed by atoms with E-state index in [-0.39, 0.29) is 5.91 Å². The third-order valence-corrected chi connectivity index (χ3v) is 3.36. The molecule has 0 heterocycles. The van der Waals surface area contributed by atoms with Gasteiger partial charge in [-0.05, 0) is 37.3 Å². The predicted octanol–water partition coefficient (Wildman–Crippen LogP) is 3.60. The summed E-state index contributed by atoms with van der Waals surface area (Å²) < 4.78 is 0.868. The Bertz CT molecular complexity index is 661. The van der Waals surface area contributed by atoms with Gasteiger partial charge in [0.05, 0.1) is 0 Å². The maximum atomic E-state index is 12.0. The first kappa shape index (κ1) is 16.0. The molecule has 0 aliphatic rings. The van der Waals surface area contributed by atoms with Crippen LogP contribution in [0.15, 0.2) is 59.1 Å². The van der Waals surface area contributed by atoms with E-state index in [0.717, 1.165) is 4.47 Å². The van der Waals surface area contributed by atoms with Crippen molar-refractivity contribution in [2.75, 3.05) is 10.6 Å². The summed E-state index contributed by atoms with van der Waals surface area (Å²) in [7, 11) is 0. The zero-order valence-electron chi connectivity index (χ0n) is 12.0. The molecule has 1 atom stereocenters. The van der Waals surface area contributed by atoms with Gasteiger partial charge in [0.1, 0.15) is 6.04 Å². The molecular weight excluding hydrogens is 346 g/mol. The summed E-state index contributed by atoms with van der Waals surface area (Å²) in [6.07, 6.45) is 0. The van der Waals surface area contributed by atoms with E-state index in [1.54, 1.807) is 31.2 Å². The molecule has 2 rings (SSSR count). The van der Waals surface area contributed by atoms with Crippen molar-refractivity contribution in [2.24, 2.45) is 0 Å². The highest BCUT2D eigenvalue weighted by molar-refractivity contribution is 9.10. The minimum Gasteiger partial charge on any atom is -0.326 e. The molecular formula is C16H16BrN3O2. The average molecular weight is 362 g/mol. The second-order valence-electron chi connectivity index (χ2n) is 4.69. The normalized spacial score (nSPS) is 11.4. The van der Waals surface area contributed by atoms with Crippen molar-refractivity contribution in [2.45, 2.75) is 13.0 Å². The number of halogens is 1. The molecule has 114 valence electrons. The fourth-order valence-electron chi connectivity index (χ4n) is 1.77. The highest BCUT2D eigenvalue weighted by Gasteiger charge is 2.15. The average Bonchev–Trinajstić information content (AvgIpc) is 2.48. The van der Waals surface area contributed by atoms with Crippen LogP contribution in [-0.4, -0.2) is 18.0 Å². The molecule has 0 saturated heterocycles. The van der Waals surface area contributed by atoms with Crippen molar-refractivity contribution in [3.8, 4) is 0 Å². The SMILES string of the molecule is CC(NC(=O)Nc1ccccc1)C(=O)Nc1cccc(Br)c1. The van der Waals surface area contributed by atoms with E-state index in [9.17, 15) is 9.59 Å². The Balaban J connectivity index is 1.87. The molecule has 0 aliphatic carbocycles. The van der Waals surface area contributed by atoms with Crippen LogP contribution in [0.1, 0.15) is 6.92 Å². The Morgan fingerprint density at radius 2 is 1.64 bits per heavy atom. The van der Waals surface area contributed by atoms with Gasteiger partial charge in [0.2, 0.25) is 5.91 Å². The zero-order valence-corrected chi connectivity index (χ0v) is 13.6. The Morgan fingerprint density at radius 1 is 0.955 bits per heavy atom. The molecule has 0 bridgehead atoms. The number of anilines is 2. The molecule has 2 aromatic carbocycles. The molecule has 22 heavy (non-hydrogen) atoms. The van der Waals surface area contributed by atoms with E-state index < -0.39 is 12.1 Å². The smallest absolute Gasteiger partial charge is 0.319 e. The highest BCUT2D eigenvalue weighted by atomic mass is 79.9. The van der Waals surface area contributed by atoms with Gasteiger partial charge in [-0.3, -0.25) is 4.79 Å². The van der Waals surface area contributed by atoms with Crippen LogP contribution in [0.3, 0.4) is 0 Å². The lowest BCUT2D eigenvalue weighted by Crippen LogP contribution is -2.43. The zero-order chi connectivity index (χ0) is 15.9. The van der Waals surface area contributed by atoms with E-state index in [0.29, 0.717) is 11.4 Å². The van der Waals surface area contributed by atoms with Crippen molar-refractivity contribution in [3.05, 3.63) is 59.1 Å². The van der Waals surface area contributed by atoms with Gasteiger partial charge in [-0.15, -0.1) is 0 Å². The summed E-state index contributed by atoms with van der Waals surface area (Å²) in [5.74, 6) is -0.290. The maximum absolute atomic E-state index is 12.0. The molecule has 1 unspecified atom stereocenters. The molecule has 0 fully saturated rings. The van der Waals surface area contributed by atoms with Crippen molar-refractivity contribution in [1.82, 2.24) is 5.32 Å². The molecule has 0 aliphatic heterocycles. The summed E-state index contributed by atoms with van der Waals surface area (Å²) in [6, 6.07) is 15.2. The fraction of sp³-hybridized carbons (Fsp3) is 0.125. The minimum atomic E-state index is -0.664. The second-order valence-corrected chi connectivity index (χ2v) is 5.60. The predicted molar refractivity (Wildman–Crippen MR) is 90.8 cm³/mol. The van der Waals surface area contributed by atoms with Crippen LogP contribution in [0, 0.1) is 0 Å². The summed E-state index contributed by atoms with van der Waals surface area (Å²) in [4.78, 5) is 23.9. The largest absolute Gasteiger partial charge is 0.326 e. The number of nitrogens with one attached hydrogen (secondary N) is 3. The maximum Gasteiger partial charge on any atom is 0.319 e. The van der Waals surface area contributed by atoms with Crippen LogP contribution >= 0.6 is 15.9 Å². The molecule has 5 nitrogen and oxygen atoms in total. The van der Waals surface area contributed by atoms with Crippen molar-refractivity contribution in [3.63, 3.8) is 0 Å². The van der Waals surface area contributed by atoms with Crippen LogP contribution in [0.2, 0.25) is 0 Å². The van der Waals surface area contributed by atoms with E-state index in [1.807, 2.05) is 30.3 Å². The number of urea groups is 1. The molecule has 0 saturated carbocycles. The summed E-state index contributed by atoms with van der Waals surface area (Å²) in [6.45, 7) is 1.62. The van der Waals surface area contributed by atoms with Crippen molar-refractivity contribution in [1.29, 1.82) is 0 Å². The number of hydrogen-bond donors (Lipinski definition) is 3. The van der Waals surface area contributed by atoms with E-state index in [2.05, 4.69) is 31.9 Å². The van der Waals surface area contributed by atoms with E-state index >= 15 is 0 Å². The number of carbonyl (C=O) groups is 2. The van der Waals surface area contributed by atoms with Gasteiger partial charge in [0.25, 0.3) is 0 Å². The molecule has 3 amide bonds. The van der Waals surface area contributed by atoms with Crippen molar-refractivity contribution >= 4 is 39.2 Å². The fourth-order valence-corrected chi connectivity index (χ4v) is 2.17. The minimum absolute atomic E-state index is 0.290. The third kappa shape index (κ3) is 4.89. The lowest BCUT2D eigenvalue weighted by atomic mass is 10.2. The monoisotopic (exact) mass is 361 g/mol. The van der Waals surface area contributed by atoms with Gasteiger partial charge >= 0.3 is 6.03 Å². The van der Waals surface area contributed by atoms with E-state index in [1.165, 1.54) is 0 Å². The quantitative estimate of drug-likeness (QED) is 0.778. The molecule has 2 aromatic rings. The van der Waals surface area contributed by atoms with Gasteiger partial charge < -0.3 is 16.0 Å². The van der Waals surface area contributed by atoms with E-state index in [4.69, 9.17) is 0 Å². The molecule has 6 heteroatoms. The van der Waals surface area contributed by atoms with Gasteiger partial charge in [-0.1, -0.05) is 40.2 Å². The lowest BCUT2D eigenvalue weighted by Gasteiger charge is -2.15. The van der Waals surface area contributed by atoms with Crippen LogP contribution in [0.5, 0.6) is 0 Å². The highest BCUT2D eigenvalue weighted by Crippen LogP contribution is 2.15. The first-order valence-electron chi connectivity index (χ1n) is 6.73. The first-order valence-corrected chi connectivity index (χ1v) is 7.53. The van der Waals surface area contributed by atoms with Crippen LogP contribution in [0.4, 0.5) is 16.2 Å². The number of para-hydroxylation sites is 1. The number of benzene rings is 2. The number of hydrogen-bond acceptors (Lipinski definition) is 2. The number of rotatable bonds is 4. The topological polar surface area (TPSA) is 70.2 Å². The Labute approximate surface area is 137 Å². The van der Waals surface area contributed by atoms with Crippen LogP contribution < -0.4 is 16.0 Å². The van der Waals surface area contributed by atoms with Crippen LogP contribution in [0.25, 0.3) is 0 Å². The Hall–Kier alpha value is -2.34. The Morgan fingerprint density at radius 3 is 2.32 bits per heavy atom. The second kappa shape index (κ2) is 7.61. The van der Waals surface area contributed by atoms with Gasteiger partial charge in [-0.2, -0.15) is 0 Å². The third-order valence-electron chi connectivity index (χ3n) is 2.86. The summed E-state index contributed by atoms with van der Waals surface area (Å²) >= 11 is 3.34. The number of amides is 3. The standard InChI is InChI=1S/C16H16BrN3O2/c1-11(15(21)19-14-9-5-6-12(17)10-14)18-16(22)20-13-7-3-2-4-8-13/h2-11H,1H3,(H,19,21)(H2,18,20,22). The van der Waals surface area contributed by atoms with Crippen LogP contribution in [-0.2, 0) is 4.79 Å². The van der Waals surface area contributed by atoms with Gasteiger partial charge in [-0.25, -0.2) is 4.79 Å².